The van der Waals surface area contributed by atoms with E-state index in [0.717, 1.165) is 4.88 Å². The number of rotatable bonds is 4. The molecule has 1 amide bonds. The Bertz CT molecular complexity index is 640. The molecule has 1 aliphatic rings. The SMILES string of the molecule is CO[C@@H]1C[C@H](c2nc(C)no2)N(C(=O)C(C)c2cccs2)C1. The molecule has 1 unspecified atom stereocenters. The molecule has 2 aromatic heterocycles. The predicted molar refractivity (Wildman–Crippen MR) is 81.6 cm³/mol. The summed E-state index contributed by atoms with van der Waals surface area (Å²) in [6.07, 6.45) is 0.679. The quantitative estimate of drug-likeness (QED) is 0.865. The number of aryl methyl sites for hydroxylation is 1. The molecule has 3 heterocycles. The number of amides is 1. The predicted octanol–water partition coefficient (Wildman–Crippen LogP) is 2.53. The molecule has 3 rings (SSSR count). The smallest absolute Gasteiger partial charge is 0.249 e. The summed E-state index contributed by atoms with van der Waals surface area (Å²) in [5.41, 5.74) is 0. The van der Waals surface area contributed by atoms with Crippen LogP contribution in [0.2, 0.25) is 0 Å². The first-order chi connectivity index (χ1) is 10.6. The average molecular weight is 321 g/mol. The van der Waals surface area contributed by atoms with Crippen LogP contribution >= 0.6 is 11.3 Å². The number of methoxy groups -OCH3 is 1. The van der Waals surface area contributed by atoms with E-state index >= 15 is 0 Å². The van der Waals surface area contributed by atoms with Gasteiger partial charge in [-0.1, -0.05) is 11.2 Å². The summed E-state index contributed by atoms with van der Waals surface area (Å²) in [6.45, 7) is 4.26. The third-order valence-corrected chi connectivity index (χ3v) is 5.10. The fraction of sp³-hybridized carbons (Fsp3) is 0.533. The zero-order chi connectivity index (χ0) is 15.7. The maximum Gasteiger partial charge on any atom is 0.249 e. The first-order valence-electron chi connectivity index (χ1n) is 7.27. The molecule has 0 bridgehead atoms. The van der Waals surface area contributed by atoms with E-state index in [1.54, 1.807) is 25.4 Å². The summed E-state index contributed by atoms with van der Waals surface area (Å²) in [5.74, 6) is 0.961. The van der Waals surface area contributed by atoms with E-state index in [2.05, 4.69) is 10.1 Å². The summed E-state index contributed by atoms with van der Waals surface area (Å²) in [7, 11) is 1.66. The monoisotopic (exact) mass is 321 g/mol. The molecule has 3 atom stereocenters. The highest BCUT2D eigenvalue weighted by atomic mass is 32.1. The fourth-order valence-corrected chi connectivity index (χ4v) is 3.58. The molecule has 0 N–H and O–H groups in total. The van der Waals surface area contributed by atoms with E-state index in [1.807, 2.05) is 29.3 Å². The Hall–Kier alpha value is -1.73. The van der Waals surface area contributed by atoms with E-state index in [4.69, 9.17) is 9.26 Å². The number of thiophene rings is 1. The van der Waals surface area contributed by atoms with Crippen LogP contribution in [-0.2, 0) is 9.53 Å². The van der Waals surface area contributed by atoms with Gasteiger partial charge in [0.25, 0.3) is 0 Å². The van der Waals surface area contributed by atoms with Crippen LogP contribution in [0.5, 0.6) is 0 Å². The molecule has 118 valence electrons. The largest absolute Gasteiger partial charge is 0.380 e. The van der Waals surface area contributed by atoms with E-state index in [0.29, 0.717) is 24.7 Å². The Morgan fingerprint density at radius 1 is 1.59 bits per heavy atom. The lowest BCUT2D eigenvalue weighted by molar-refractivity contribution is -0.134. The van der Waals surface area contributed by atoms with Crippen LogP contribution in [0.3, 0.4) is 0 Å². The van der Waals surface area contributed by atoms with E-state index < -0.39 is 0 Å². The van der Waals surface area contributed by atoms with Crippen molar-refractivity contribution < 1.29 is 14.1 Å². The van der Waals surface area contributed by atoms with Crippen LogP contribution in [0.1, 0.15) is 41.9 Å². The molecule has 0 spiro atoms. The number of carbonyl (C=O) groups is 1. The summed E-state index contributed by atoms with van der Waals surface area (Å²) in [4.78, 5) is 20.0. The highest BCUT2D eigenvalue weighted by Crippen LogP contribution is 2.35. The molecule has 1 fully saturated rings. The van der Waals surface area contributed by atoms with Crippen molar-refractivity contribution in [2.24, 2.45) is 0 Å². The molecule has 7 heteroatoms. The second-order valence-electron chi connectivity index (χ2n) is 5.52. The van der Waals surface area contributed by atoms with Crippen LogP contribution in [0.25, 0.3) is 0 Å². The van der Waals surface area contributed by atoms with Crippen LogP contribution in [0.15, 0.2) is 22.0 Å². The lowest BCUT2D eigenvalue weighted by atomic mass is 10.1. The van der Waals surface area contributed by atoms with Gasteiger partial charge in [-0.05, 0) is 25.3 Å². The zero-order valence-corrected chi connectivity index (χ0v) is 13.7. The molecule has 2 aromatic rings. The van der Waals surface area contributed by atoms with Crippen LogP contribution in [-0.4, -0.2) is 40.7 Å². The molecular weight excluding hydrogens is 302 g/mol. The van der Waals surface area contributed by atoms with Gasteiger partial charge in [-0.15, -0.1) is 11.3 Å². The van der Waals surface area contributed by atoms with Gasteiger partial charge in [0, 0.05) is 25.0 Å². The number of hydrogen-bond acceptors (Lipinski definition) is 6. The molecule has 22 heavy (non-hydrogen) atoms. The van der Waals surface area contributed by atoms with Crippen molar-refractivity contribution in [3.05, 3.63) is 34.1 Å². The Balaban J connectivity index is 1.84. The molecule has 0 radical (unpaired) electrons. The molecule has 0 saturated carbocycles. The molecular formula is C15H19N3O3S. The van der Waals surface area contributed by atoms with Gasteiger partial charge in [0.2, 0.25) is 11.8 Å². The average Bonchev–Trinajstić information content (AvgIpc) is 3.25. The van der Waals surface area contributed by atoms with Crippen LogP contribution < -0.4 is 0 Å². The van der Waals surface area contributed by atoms with E-state index in [-0.39, 0.29) is 24.0 Å². The fourth-order valence-electron chi connectivity index (χ4n) is 2.80. The Labute approximate surface area is 133 Å². The first-order valence-corrected chi connectivity index (χ1v) is 8.15. The number of ether oxygens (including phenoxy) is 1. The van der Waals surface area contributed by atoms with Crippen molar-refractivity contribution in [1.29, 1.82) is 0 Å². The van der Waals surface area contributed by atoms with Gasteiger partial charge in [0.05, 0.1) is 12.0 Å². The highest BCUT2D eigenvalue weighted by molar-refractivity contribution is 7.10. The minimum Gasteiger partial charge on any atom is -0.380 e. The topological polar surface area (TPSA) is 68.5 Å². The molecule has 1 aliphatic heterocycles. The normalized spacial score (nSPS) is 23.0. The Morgan fingerprint density at radius 2 is 2.41 bits per heavy atom. The van der Waals surface area contributed by atoms with Gasteiger partial charge in [0.1, 0.15) is 6.04 Å². The third kappa shape index (κ3) is 2.78. The Kier molecular flexibility index (Phi) is 4.26. The van der Waals surface area contributed by atoms with Crippen molar-refractivity contribution in [1.82, 2.24) is 15.0 Å². The van der Waals surface area contributed by atoms with Crippen molar-refractivity contribution in [3.8, 4) is 0 Å². The summed E-state index contributed by atoms with van der Waals surface area (Å²) in [6, 6.07) is 3.74. The first kappa shape index (κ1) is 15.2. The lowest BCUT2D eigenvalue weighted by Crippen LogP contribution is -2.35. The van der Waals surface area contributed by atoms with Crippen LogP contribution in [0.4, 0.5) is 0 Å². The standard InChI is InChI=1S/C15H19N3O3S/c1-9(13-5-4-6-22-13)15(19)18-8-11(20-3)7-12(18)14-16-10(2)17-21-14/h4-6,9,11-12H,7-8H2,1-3H3/t9?,11-,12-/m1/s1. The maximum atomic E-state index is 12.9. The van der Waals surface area contributed by atoms with Gasteiger partial charge in [-0.25, -0.2) is 0 Å². The number of nitrogens with zero attached hydrogens (tertiary/aromatic N) is 3. The van der Waals surface area contributed by atoms with Gasteiger partial charge < -0.3 is 14.2 Å². The van der Waals surface area contributed by atoms with E-state index in [1.165, 1.54) is 0 Å². The van der Waals surface area contributed by atoms with Gasteiger partial charge in [0.15, 0.2) is 5.82 Å². The van der Waals surface area contributed by atoms with Gasteiger partial charge in [-0.3, -0.25) is 4.79 Å². The lowest BCUT2D eigenvalue weighted by Gasteiger charge is -2.24. The summed E-state index contributed by atoms with van der Waals surface area (Å²) in [5, 5.41) is 5.82. The number of aromatic nitrogens is 2. The van der Waals surface area contributed by atoms with Crippen molar-refractivity contribution in [3.63, 3.8) is 0 Å². The molecule has 0 aromatic carbocycles. The second kappa shape index (κ2) is 6.18. The summed E-state index contributed by atoms with van der Waals surface area (Å²) < 4.78 is 10.7. The van der Waals surface area contributed by atoms with Crippen molar-refractivity contribution >= 4 is 17.2 Å². The number of hydrogen-bond donors (Lipinski definition) is 0. The number of carbonyl (C=O) groups excluding carboxylic acids is 1. The summed E-state index contributed by atoms with van der Waals surface area (Å²) >= 11 is 1.60. The highest BCUT2D eigenvalue weighted by Gasteiger charge is 2.41. The van der Waals surface area contributed by atoms with Crippen molar-refractivity contribution in [2.45, 2.75) is 38.3 Å². The minimum absolute atomic E-state index is 0.00306. The van der Waals surface area contributed by atoms with Gasteiger partial charge >= 0.3 is 0 Å². The molecule has 1 saturated heterocycles. The minimum atomic E-state index is -0.207. The molecule has 6 nitrogen and oxygen atoms in total. The van der Waals surface area contributed by atoms with Gasteiger partial charge in [-0.2, -0.15) is 4.98 Å². The maximum absolute atomic E-state index is 12.9. The zero-order valence-electron chi connectivity index (χ0n) is 12.9. The third-order valence-electron chi connectivity index (χ3n) is 4.05. The van der Waals surface area contributed by atoms with Crippen LogP contribution in [0, 0.1) is 6.92 Å². The van der Waals surface area contributed by atoms with Crippen molar-refractivity contribution in [2.75, 3.05) is 13.7 Å². The molecule has 0 aliphatic carbocycles. The Morgan fingerprint density at radius 3 is 3.00 bits per heavy atom. The number of likely N-dealkylation sites (tertiary alicyclic amines) is 1. The van der Waals surface area contributed by atoms with E-state index in [9.17, 15) is 4.79 Å². The second-order valence-corrected chi connectivity index (χ2v) is 6.50.